The number of nitrogens with two attached hydrogens (primary N) is 1. The molecule has 1 aromatic rings. The minimum Gasteiger partial charge on any atom is -0.465 e. The molecule has 9 heteroatoms. The van der Waals surface area contributed by atoms with Crippen molar-refractivity contribution in [3.8, 4) is 0 Å². The van der Waals surface area contributed by atoms with Gasteiger partial charge in [0.1, 0.15) is 14.8 Å². The van der Waals surface area contributed by atoms with Gasteiger partial charge < -0.3 is 20.1 Å². The number of rotatable bonds is 7. The highest BCUT2D eigenvalue weighted by atomic mass is 32.2. The molecule has 0 atom stereocenters. The molecule has 0 saturated heterocycles. The fourth-order valence-corrected chi connectivity index (χ4v) is 4.55. The van der Waals surface area contributed by atoms with Gasteiger partial charge in [0.05, 0.1) is 19.4 Å². The van der Waals surface area contributed by atoms with Crippen molar-refractivity contribution in [2.45, 2.75) is 11.8 Å². The van der Waals surface area contributed by atoms with Gasteiger partial charge in [0.15, 0.2) is 9.84 Å². The van der Waals surface area contributed by atoms with Gasteiger partial charge >= 0.3 is 5.97 Å². The molecule has 1 rings (SSSR count). The number of carbonyl (C=O) groups excluding carboxylic acids is 1. The molecule has 0 saturated carbocycles. The van der Waals surface area contributed by atoms with Crippen LogP contribution in [0.25, 0.3) is 0 Å². The second-order valence-electron chi connectivity index (χ2n) is 4.32. The molecule has 0 aromatic carbocycles. The van der Waals surface area contributed by atoms with Crippen molar-refractivity contribution in [1.82, 2.24) is 0 Å². The molecule has 120 valence electrons. The number of sulfone groups is 1. The van der Waals surface area contributed by atoms with Crippen LogP contribution in [-0.2, 0) is 19.3 Å². The molecule has 0 bridgehead atoms. The molecular formula is C12H20N2O5S2. The molecule has 2 N–H and O–H groups in total. The van der Waals surface area contributed by atoms with Crippen molar-refractivity contribution in [2.24, 2.45) is 0 Å². The lowest BCUT2D eigenvalue weighted by atomic mass is 10.4. The molecule has 1 heterocycles. The number of carbonyl (C=O) groups is 1. The lowest BCUT2D eigenvalue weighted by molar-refractivity contribution is 0.0607. The predicted molar refractivity (Wildman–Crippen MR) is 82.9 cm³/mol. The number of hydrogen-bond acceptors (Lipinski definition) is 8. The molecular weight excluding hydrogens is 316 g/mol. The fraction of sp³-hybridized carbons (Fsp3) is 0.583. The fourth-order valence-electron chi connectivity index (χ4n) is 1.83. The molecule has 0 aliphatic heterocycles. The Labute approximate surface area is 128 Å². The number of anilines is 2. The van der Waals surface area contributed by atoms with E-state index in [1.165, 1.54) is 7.11 Å². The van der Waals surface area contributed by atoms with Crippen molar-refractivity contribution < 1.29 is 22.7 Å². The monoisotopic (exact) mass is 336 g/mol. The van der Waals surface area contributed by atoms with Gasteiger partial charge in [-0.05, 0) is 6.92 Å². The predicted octanol–water partition coefficient (Wildman–Crippen LogP) is 0.993. The van der Waals surface area contributed by atoms with Gasteiger partial charge in [-0.15, -0.1) is 11.3 Å². The third-order valence-corrected chi connectivity index (χ3v) is 5.39. The van der Waals surface area contributed by atoms with Crippen molar-refractivity contribution in [3.05, 3.63) is 4.88 Å². The van der Waals surface area contributed by atoms with Crippen LogP contribution in [0.5, 0.6) is 0 Å². The Kier molecular flexibility index (Phi) is 5.99. The molecule has 0 unspecified atom stereocenters. The zero-order chi connectivity index (χ0) is 16.2. The first-order valence-electron chi connectivity index (χ1n) is 6.22. The highest BCUT2D eigenvalue weighted by Gasteiger charge is 2.29. The first kappa shape index (κ1) is 17.7. The summed E-state index contributed by atoms with van der Waals surface area (Å²) in [6.07, 6.45) is 1.07. The summed E-state index contributed by atoms with van der Waals surface area (Å²) in [5, 5.41) is 0.440. The first-order valence-corrected chi connectivity index (χ1v) is 8.93. The van der Waals surface area contributed by atoms with Crippen LogP contribution >= 0.6 is 11.3 Å². The van der Waals surface area contributed by atoms with Crippen LogP contribution in [0.15, 0.2) is 4.90 Å². The van der Waals surface area contributed by atoms with Crippen molar-refractivity contribution in [1.29, 1.82) is 0 Å². The van der Waals surface area contributed by atoms with Crippen LogP contribution < -0.4 is 10.6 Å². The van der Waals surface area contributed by atoms with Crippen molar-refractivity contribution in [3.63, 3.8) is 0 Å². The maximum atomic E-state index is 12.0. The summed E-state index contributed by atoms with van der Waals surface area (Å²) in [4.78, 5) is 13.6. The number of methoxy groups -OCH3 is 2. The van der Waals surface area contributed by atoms with Crippen LogP contribution in [0.2, 0.25) is 0 Å². The Balaban J connectivity index is 3.45. The van der Waals surface area contributed by atoms with Gasteiger partial charge in [0.25, 0.3) is 0 Å². The first-order chi connectivity index (χ1) is 9.77. The number of hydrogen-bond donors (Lipinski definition) is 1. The van der Waals surface area contributed by atoms with Crippen LogP contribution in [0, 0.1) is 0 Å². The number of likely N-dealkylation sites (N-methyl/N-ethyl adjacent to an activating group) is 1. The summed E-state index contributed by atoms with van der Waals surface area (Å²) in [6.45, 7) is 3.38. The normalized spacial score (nSPS) is 11.4. The zero-order valence-electron chi connectivity index (χ0n) is 12.5. The van der Waals surface area contributed by atoms with Crippen molar-refractivity contribution in [2.75, 3.05) is 50.8 Å². The van der Waals surface area contributed by atoms with E-state index in [0.29, 0.717) is 24.7 Å². The summed E-state index contributed by atoms with van der Waals surface area (Å²) in [6, 6.07) is 0. The summed E-state index contributed by atoms with van der Waals surface area (Å²) >= 11 is 1.02. The van der Waals surface area contributed by atoms with E-state index in [1.807, 2.05) is 11.8 Å². The van der Waals surface area contributed by atoms with Crippen LogP contribution in [0.3, 0.4) is 0 Å². The van der Waals surface area contributed by atoms with E-state index >= 15 is 0 Å². The zero-order valence-corrected chi connectivity index (χ0v) is 14.1. The third kappa shape index (κ3) is 3.86. The number of thiophene rings is 1. The molecule has 0 aliphatic rings. The number of ether oxygens (including phenoxy) is 2. The number of nitrogens with zero attached hydrogens (tertiary/aromatic N) is 1. The Bertz CT molecular complexity index is 609. The van der Waals surface area contributed by atoms with Crippen LogP contribution in [0.4, 0.5) is 10.7 Å². The van der Waals surface area contributed by atoms with Gasteiger partial charge in [0.2, 0.25) is 0 Å². The molecule has 0 fully saturated rings. The quantitative estimate of drug-likeness (QED) is 0.741. The Morgan fingerprint density at radius 3 is 2.43 bits per heavy atom. The smallest absolute Gasteiger partial charge is 0.350 e. The lowest BCUT2D eigenvalue weighted by Crippen LogP contribution is -2.27. The maximum Gasteiger partial charge on any atom is 0.350 e. The number of esters is 1. The lowest BCUT2D eigenvalue weighted by Gasteiger charge is -2.22. The molecule has 1 aromatic heterocycles. The maximum absolute atomic E-state index is 12.0. The molecule has 21 heavy (non-hydrogen) atoms. The van der Waals surface area contributed by atoms with E-state index in [1.54, 1.807) is 7.11 Å². The molecule has 7 nitrogen and oxygen atoms in total. The van der Waals surface area contributed by atoms with Crippen LogP contribution in [0.1, 0.15) is 16.6 Å². The van der Waals surface area contributed by atoms with Gasteiger partial charge in [0, 0.05) is 26.5 Å². The second kappa shape index (κ2) is 7.10. The van der Waals surface area contributed by atoms with Gasteiger partial charge in [-0.2, -0.15) is 0 Å². The average Bonchev–Trinajstić information content (AvgIpc) is 2.76. The second-order valence-corrected chi connectivity index (χ2v) is 7.27. The summed E-state index contributed by atoms with van der Waals surface area (Å²) < 4.78 is 33.7. The topological polar surface area (TPSA) is 98.9 Å². The van der Waals surface area contributed by atoms with E-state index in [9.17, 15) is 13.2 Å². The van der Waals surface area contributed by atoms with E-state index in [4.69, 9.17) is 10.5 Å². The Morgan fingerprint density at radius 2 is 2.00 bits per heavy atom. The van der Waals surface area contributed by atoms with Gasteiger partial charge in [-0.3, -0.25) is 0 Å². The third-order valence-electron chi connectivity index (χ3n) is 2.86. The standard InChI is InChI=1S/C12H20N2O5S2/c1-5-14(6-7-18-2)11-10(21(4,16)17)8(13)9(20-11)12(15)19-3/h5-7,13H2,1-4H3. The molecule has 0 radical (unpaired) electrons. The van der Waals surface area contributed by atoms with Gasteiger partial charge in [-0.25, -0.2) is 13.2 Å². The molecule has 0 aliphatic carbocycles. The van der Waals surface area contributed by atoms with Crippen LogP contribution in [-0.4, -0.2) is 54.6 Å². The minimum absolute atomic E-state index is 0.0224. The highest BCUT2D eigenvalue weighted by molar-refractivity contribution is 7.91. The minimum atomic E-state index is -3.57. The van der Waals surface area contributed by atoms with E-state index < -0.39 is 15.8 Å². The van der Waals surface area contributed by atoms with Crippen molar-refractivity contribution >= 4 is 37.8 Å². The molecule has 0 spiro atoms. The summed E-state index contributed by atoms with van der Waals surface area (Å²) in [5.41, 5.74) is 5.81. The average molecular weight is 336 g/mol. The largest absolute Gasteiger partial charge is 0.465 e. The highest BCUT2D eigenvalue weighted by Crippen LogP contribution is 2.41. The molecule has 0 amide bonds. The number of nitrogen functional groups attached to an aromatic ring is 1. The van der Waals surface area contributed by atoms with Gasteiger partial charge in [-0.1, -0.05) is 0 Å². The van der Waals surface area contributed by atoms with E-state index in [0.717, 1.165) is 17.6 Å². The van der Waals surface area contributed by atoms with E-state index in [-0.39, 0.29) is 15.5 Å². The van der Waals surface area contributed by atoms with E-state index in [2.05, 4.69) is 4.74 Å². The Morgan fingerprint density at radius 1 is 1.38 bits per heavy atom. The Hall–Kier alpha value is -1.32. The summed E-state index contributed by atoms with van der Waals surface area (Å²) in [5.74, 6) is -0.642. The SMILES string of the molecule is CCN(CCOC)c1sc(C(=O)OC)c(N)c1S(C)(=O)=O. The summed E-state index contributed by atoms with van der Waals surface area (Å²) in [7, 11) is -0.781.